The first-order chi connectivity index (χ1) is 16.0. The van der Waals surface area contributed by atoms with Gasteiger partial charge in [0.05, 0.1) is 0 Å². The van der Waals surface area contributed by atoms with Gasteiger partial charge in [-0.05, 0) is 68.4 Å². The maximum Gasteiger partial charge on any atom is 0.320 e. The molecular formula is C24H40N4O6. The first-order valence-corrected chi connectivity index (χ1v) is 12.1. The average molecular weight is 481 g/mol. The van der Waals surface area contributed by atoms with E-state index >= 15 is 0 Å². The van der Waals surface area contributed by atoms with Crippen LogP contribution in [0.1, 0.15) is 64.2 Å². The predicted octanol–water partition coefficient (Wildman–Crippen LogP) is 1.49. The van der Waals surface area contributed by atoms with E-state index < -0.39 is 36.0 Å². The van der Waals surface area contributed by atoms with Crippen LogP contribution in [-0.2, 0) is 14.4 Å². The average Bonchev–Trinajstić information content (AvgIpc) is 2.79. The lowest BCUT2D eigenvalue weighted by atomic mass is 9.70. The molecule has 2 aliphatic heterocycles. The quantitative estimate of drug-likeness (QED) is 0.198. The highest BCUT2D eigenvalue weighted by atomic mass is 16.4. The fourth-order valence-electron chi connectivity index (χ4n) is 5.26. The van der Waals surface area contributed by atoms with Crippen molar-refractivity contribution in [3.8, 4) is 0 Å². The van der Waals surface area contributed by atoms with Crippen molar-refractivity contribution in [2.75, 3.05) is 6.54 Å². The molecule has 0 aromatic heterocycles. The molecule has 0 spiro atoms. The molecule has 2 aliphatic rings. The van der Waals surface area contributed by atoms with Crippen LogP contribution in [-0.4, -0.2) is 68.8 Å². The van der Waals surface area contributed by atoms with Crippen molar-refractivity contribution in [1.82, 2.24) is 4.90 Å². The summed E-state index contributed by atoms with van der Waals surface area (Å²) in [6, 6.07) is -2.58. The van der Waals surface area contributed by atoms with Crippen LogP contribution in [0.5, 0.6) is 0 Å². The van der Waals surface area contributed by atoms with Crippen molar-refractivity contribution in [2.45, 2.75) is 88.4 Å². The van der Waals surface area contributed by atoms with Crippen molar-refractivity contribution >= 4 is 17.9 Å². The van der Waals surface area contributed by atoms with E-state index in [0.29, 0.717) is 38.0 Å². The zero-order valence-electron chi connectivity index (χ0n) is 19.8. The smallest absolute Gasteiger partial charge is 0.320 e. The van der Waals surface area contributed by atoms with Crippen LogP contribution in [0.2, 0.25) is 0 Å². The van der Waals surface area contributed by atoms with Crippen LogP contribution >= 0.6 is 0 Å². The number of nitrogens with two attached hydrogens (primary N) is 3. The minimum Gasteiger partial charge on any atom is -0.480 e. The summed E-state index contributed by atoms with van der Waals surface area (Å²) >= 11 is 0. The number of piperidine rings is 1. The number of aliphatic carboxylic acids is 3. The van der Waals surface area contributed by atoms with Gasteiger partial charge in [0.2, 0.25) is 0 Å². The molecular weight excluding hydrogens is 440 g/mol. The lowest BCUT2D eigenvalue weighted by molar-refractivity contribution is -0.139. The third-order valence-corrected chi connectivity index (χ3v) is 7.26. The van der Waals surface area contributed by atoms with Gasteiger partial charge in [0.15, 0.2) is 0 Å². The second-order valence-corrected chi connectivity index (χ2v) is 9.65. The van der Waals surface area contributed by atoms with Crippen molar-refractivity contribution in [3.05, 3.63) is 23.9 Å². The standard InChI is InChI=1S/C24H40N4O6/c1-14-16(8-10-19(26)23(31)32)13-28-12-4-6-15(5-2-3-7-18(25)22(29)30)21(28)17(14)9-11-20(27)24(33)34/h13,15,17-21H,1-12,25-27H2,(H,29,30)(H,31,32)(H,33,34). The van der Waals surface area contributed by atoms with Gasteiger partial charge in [0.25, 0.3) is 0 Å². The van der Waals surface area contributed by atoms with E-state index in [1.807, 2.05) is 0 Å². The molecule has 0 bridgehead atoms. The van der Waals surface area contributed by atoms with Crippen LogP contribution in [0.15, 0.2) is 23.9 Å². The highest BCUT2D eigenvalue weighted by Crippen LogP contribution is 2.43. The summed E-state index contributed by atoms with van der Waals surface area (Å²) in [4.78, 5) is 35.7. The molecule has 9 N–H and O–H groups in total. The summed E-state index contributed by atoms with van der Waals surface area (Å²) in [6.07, 6.45) is 8.80. The largest absolute Gasteiger partial charge is 0.480 e. The number of hydrogen-bond acceptors (Lipinski definition) is 7. The number of rotatable bonds is 14. The number of unbranched alkanes of at least 4 members (excludes halogenated alkanes) is 1. The summed E-state index contributed by atoms with van der Waals surface area (Å²) < 4.78 is 0. The molecule has 0 amide bonds. The van der Waals surface area contributed by atoms with E-state index in [1.165, 1.54) is 0 Å². The van der Waals surface area contributed by atoms with Crippen molar-refractivity contribution in [3.63, 3.8) is 0 Å². The first kappa shape index (κ1) is 27.8. The van der Waals surface area contributed by atoms with E-state index in [1.54, 1.807) is 0 Å². The van der Waals surface area contributed by atoms with E-state index in [-0.39, 0.29) is 12.0 Å². The molecule has 1 saturated heterocycles. The van der Waals surface area contributed by atoms with E-state index in [9.17, 15) is 19.5 Å². The van der Waals surface area contributed by atoms with Crippen molar-refractivity contribution in [2.24, 2.45) is 29.0 Å². The number of allylic oxidation sites excluding steroid dienone is 1. The molecule has 1 fully saturated rings. The van der Waals surface area contributed by atoms with Gasteiger partial charge in [-0.1, -0.05) is 19.4 Å². The molecule has 192 valence electrons. The van der Waals surface area contributed by atoms with Gasteiger partial charge in [-0.2, -0.15) is 0 Å². The van der Waals surface area contributed by atoms with Gasteiger partial charge in [0, 0.05) is 24.7 Å². The lowest BCUT2D eigenvalue weighted by Gasteiger charge is -2.50. The van der Waals surface area contributed by atoms with Gasteiger partial charge in [-0.25, -0.2) is 0 Å². The fourth-order valence-corrected chi connectivity index (χ4v) is 5.26. The monoisotopic (exact) mass is 480 g/mol. The summed E-state index contributed by atoms with van der Waals surface area (Å²) in [6.45, 7) is 5.20. The second kappa shape index (κ2) is 12.9. The van der Waals surface area contributed by atoms with E-state index in [4.69, 9.17) is 27.4 Å². The van der Waals surface area contributed by atoms with Crippen molar-refractivity contribution in [1.29, 1.82) is 0 Å². The van der Waals surface area contributed by atoms with Gasteiger partial charge >= 0.3 is 17.9 Å². The van der Waals surface area contributed by atoms with Crippen molar-refractivity contribution < 1.29 is 29.7 Å². The molecule has 2 rings (SSSR count). The van der Waals surface area contributed by atoms with Crippen LogP contribution in [0, 0.1) is 11.8 Å². The van der Waals surface area contributed by atoms with Gasteiger partial charge in [-0.15, -0.1) is 0 Å². The summed E-state index contributed by atoms with van der Waals surface area (Å²) in [7, 11) is 0. The minimum absolute atomic E-state index is 0.0121. The van der Waals surface area contributed by atoms with Crippen LogP contribution < -0.4 is 17.2 Å². The van der Waals surface area contributed by atoms with Crippen LogP contribution in [0.3, 0.4) is 0 Å². The summed E-state index contributed by atoms with van der Waals surface area (Å²) in [5.41, 5.74) is 19.0. The maximum atomic E-state index is 11.3. The Labute approximate surface area is 200 Å². The molecule has 0 saturated carbocycles. The molecule has 2 heterocycles. The lowest BCUT2D eigenvalue weighted by Crippen LogP contribution is -2.50. The van der Waals surface area contributed by atoms with Crippen LogP contribution in [0.4, 0.5) is 0 Å². The number of hydrogen-bond donors (Lipinski definition) is 6. The van der Waals surface area contributed by atoms with Gasteiger partial charge in [-0.3, -0.25) is 14.4 Å². The third-order valence-electron chi connectivity index (χ3n) is 7.26. The highest BCUT2D eigenvalue weighted by molar-refractivity contribution is 5.73. The fraction of sp³-hybridized carbons (Fsp3) is 0.708. The molecule has 6 atom stereocenters. The Bertz CT molecular complexity index is 785. The number of fused-ring (bicyclic) bond motifs is 1. The van der Waals surface area contributed by atoms with E-state index in [2.05, 4.69) is 17.7 Å². The van der Waals surface area contributed by atoms with Gasteiger partial charge in [0.1, 0.15) is 18.1 Å². The Kier molecular flexibility index (Phi) is 10.5. The minimum atomic E-state index is -1.04. The van der Waals surface area contributed by atoms with E-state index in [0.717, 1.165) is 49.8 Å². The SMILES string of the molecule is C=C1C(CCC(N)C(=O)O)=CN2CCCC(CCCCC(N)C(=O)O)C2C1CCC(N)C(=O)O. The molecule has 34 heavy (non-hydrogen) atoms. The molecule has 10 nitrogen and oxygen atoms in total. The molecule has 0 aromatic carbocycles. The van der Waals surface area contributed by atoms with Crippen LogP contribution in [0.25, 0.3) is 0 Å². The predicted molar refractivity (Wildman–Crippen MR) is 128 cm³/mol. The Morgan fingerprint density at radius 1 is 0.941 bits per heavy atom. The number of carboxylic acids is 3. The molecule has 10 heteroatoms. The number of nitrogens with zero attached hydrogens (tertiary/aromatic N) is 1. The molecule has 6 unspecified atom stereocenters. The highest BCUT2D eigenvalue weighted by Gasteiger charge is 2.40. The topological polar surface area (TPSA) is 193 Å². The number of carboxylic acid groups (broad SMARTS) is 3. The Morgan fingerprint density at radius 3 is 2.15 bits per heavy atom. The Balaban J connectivity index is 2.15. The zero-order chi connectivity index (χ0) is 25.4. The third kappa shape index (κ3) is 7.54. The number of carbonyl (C=O) groups is 3. The molecule has 0 aromatic rings. The summed E-state index contributed by atoms with van der Waals surface area (Å²) in [5.74, 6) is -2.68. The molecule has 0 aliphatic carbocycles. The maximum absolute atomic E-state index is 11.3. The zero-order valence-corrected chi connectivity index (χ0v) is 19.8. The Hall–Kier alpha value is -2.43. The normalized spacial score (nSPS) is 25.1. The first-order valence-electron chi connectivity index (χ1n) is 12.1. The second-order valence-electron chi connectivity index (χ2n) is 9.65. The summed E-state index contributed by atoms with van der Waals surface area (Å²) in [5, 5.41) is 27.4. The Morgan fingerprint density at radius 2 is 1.53 bits per heavy atom. The van der Waals surface area contributed by atoms with Gasteiger partial charge < -0.3 is 37.4 Å². The molecule has 0 radical (unpaired) electrons.